The molecular weight excluding hydrogens is 244 g/mol. The highest BCUT2D eigenvalue weighted by atomic mass is 15.2. The van der Waals surface area contributed by atoms with E-state index in [0.29, 0.717) is 17.5 Å². The van der Waals surface area contributed by atoms with Crippen molar-refractivity contribution in [3.05, 3.63) is 35.9 Å². The van der Waals surface area contributed by atoms with Crippen LogP contribution in [0.25, 0.3) is 0 Å². The molecule has 1 aliphatic heterocycles. The Labute approximate surface area is 124 Å². The zero-order valence-corrected chi connectivity index (χ0v) is 13.5. The maximum absolute atomic E-state index is 3.77. The van der Waals surface area contributed by atoms with Gasteiger partial charge in [-0.2, -0.15) is 0 Å². The molecule has 0 aromatic heterocycles. The van der Waals surface area contributed by atoms with Crippen molar-refractivity contribution in [1.82, 2.24) is 10.2 Å². The van der Waals surface area contributed by atoms with Crippen molar-refractivity contribution < 1.29 is 0 Å². The van der Waals surface area contributed by atoms with Crippen molar-refractivity contribution in [2.24, 2.45) is 0 Å². The summed E-state index contributed by atoms with van der Waals surface area (Å²) in [5.74, 6) is 0.594. The molecule has 0 aliphatic carbocycles. The first-order chi connectivity index (χ1) is 9.47. The minimum absolute atomic E-state index is 0.322. The summed E-state index contributed by atoms with van der Waals surface area (Å²) in [7, 11) is 0. The van der Waals surface area contributed by atoms with Gasteiger partial charge in [0.1, 0.15) is 0 Å². The molecule has 1 atom stereocenters. The van der Waals surface area contributed by atoms with Gasteiger partial charge < -0.3 is 5.32 Å². The van der Waals surface area contributed by atoms with E-state index in [-0.39, 0.29) is 0 Å². The molecule has 1 aliphatic rings. The average molecular weight is 274 g/mol. The molecule has 1 saturated heterocycles. The predicted molar refractivity (Wildman–Crippen MR) is 87.2 cm³/mol. The lowest BCUT2D eigenvalue weighted by atomic mass is 9.96. The molecule has 0 amide bonds. The van der Waals surface area contributed by atoms with Crippen LogP contribution in [0.15, 0.2) is 30.3 Å². The number of piperidine rings is 1. The molecule has 1 fully saturated rings. The molecule has 112 valence electrons. The molecule has 2 rings (SSSR count). The minimum Gasteiger partial charge on any atom is -0.313 e. The van der Waals surface area contributed by atoms with Crippen LogP contribution in [0.3, 0.4) is 0 Å². The predicted octanol–water partition coefficient (Wildman–Crippen LogP) is 3.64. The lowest BCUT2D eigenvalue weighted by Crippen LogP contribution is -2.50. The van der Waals surface area contributed by atoms with Gasteiger partial charge in [-0.15, -0.1) is 0 Å². The van der Waals surface area contributed by atoms with E-state index >= 15 is 0 Å². The summed E-state index contributed by atoms with van der Waals surface area (Å²) in [5, 5.41) is 3.77. The van der Waals surface area contributed by atoms with Crippen molar-refractivity contribution in [2.75, 3.05) is 19.6 Å². The van der Waals surface area contributed by atoms with E-state index in [4.69, 9.17) is 0 Å². The molecule has 1 aromatic carbocycles. The Morgan fingerprint density at radius 3 is 2.30 bits per heavy atom. The number of nitrogens with zero attached hydrogens (tertiary/aromatic N) is 1. The highest BCUT2D eigenvalue weighted by molar-refractivity contribution is 5.19. The van der Waals surface area contributed by atoms with Crippen LogP contribution in [0.5, 0.6) is 0 Å². The van der Waals surface area contributed by atoms with Crippen LogP contribution in [-0.4, -0.2) is 36.1 Å². The average Bonchev–Trinajstić information content (AvgIpc) is 2.45. The van der Waals surface area contributed by atoms with E-state index < -0.39 is 0 Å². The van der Waals surface area contributed by atoms with Crippen LogP contribution in [-0.2, 0) is 0 Å². The smallest absolute Gasteiger partial charge is 0.0125 e. The fourth-order valence-corrected chi connectivity index (χ4v) is 3.00. The van der Waals surface area contributed by atoms with Crippen LogP contribution in [0.1, 0.15) is 52.0 Å². The molecule has 1 unspecified atom stereocenters. The van der Waals surface area contributed by atoms with E-state index in [1.54, 1.807) is 0 Å². The number of hydrogen-bond acceptors (Lipinski definition) is 2. The molecule has 2 heteroatoms. The normalized spacial score (nSPS) is 20.0. The summed E-state index contributed by atoms with van der Waals surface area (Å²) >= 11 is 0. The van der Waals surface area contributed by atoms with E-state index in [0.717, 1.165) is 6.54 Å². The van der Waals surface area contributed by atoms with Gasteiger partial charge in [0.2, 0.25) is 0 Å². The van der Waals surface area contributed by atoms with Crippen LogP contribution in [0.2, 0.25) is 0 Å². The Morgan fingerprint density at radius 1 is 1.15 bits per heavy atom. The number of likely N-dealkylation sites (tertiary alicyclic amines) is 1. The van der Waals surface area contributed by atoms with Gasteiger partial charge in [0.25, 0.3) is 0 Å². The monoisotopic (exact) mass is 274 g/mol. The third-order valence-electron chi connectivity index (χ3n) is 4.52. The summed E-state index contributed by atoms with van der Waals surface area (Å²) in [4.78, 5) is 2.60. The standard InChI is InChI=1S/C18H30N2/c1-15(16-8-6-5-7-9-16)14-19-17-10-12-20(13-11-17)18(2,3)4/h5-9,15,17,19H,10-14H2,1-4H3. The van der Waals surface area contributed by atoms with Gasteiger partial charge in [0.05, 0.1) is 0 Å². The lowest BCUT2D eigenvalue weighted by Gasteiger charge is -2.41. The lowest BCUT2D eigenvalue weighted by molar-refractivity contribution is 0.0961. The van der Waals surface area contributed by atoms with Gasteiger partial charge in [0, 0.05) is 31.2 Å². The van der Waals surface area contributed by atoms with Gasteiger partial charge >= 0.3 is 0 Å². The van der Waals surface area contributed by atoms with Crippen molar-refractivity contribution in [2.45, 2.75) is 58.0 Å². The van der Waals surface area contributed by atoms with E-state index in [2.05, 4.69) is 68.2 Å². The Hall–Kier alpha value is -0.860. The largest absolute Gasteiger partial charge is 0.313 e. The summed E-state index contributed by atoms with van der Waals surface area (Å²) in [6, 6.07) is 11.5. The fourth-order valence-electron chi connectivity index (χ4n) is 3.00. The second-order valence-corrected chi connectivity index (χ2v) is 7.15. The molecular formula is C18H30N2. The Kier molecular flexibility index (Phi) is 5.22. The van der Waals surface area contributed by atoms with Crippen molar-refractivity contribution >= 4 is 0 Å². The Balaban J connectivity index is 1.74. The summed E-state index contributed by atoms with van der Waals surface area (Å²) in [5.41, 5.74) is 1.76. The maximum Gasteiger partial charge on any atom is 0.0125 e. The van der Waals surface area contributed by atoms with Gasteiger partial charge in [-0.25, -0.2) is 0 Å². The summed E-state index contributed by atoms with van der Waals surface area (Å²) < 4.78 is 0. The zero-order chi connectivity index (χ0) is 14.6. The molecule has 0 spiro atoms. The van der Waals surface area contributed by atoms with E-state index in [1.165, 1.54) is 31.5 Å². The molecule has 0 saturated carbocycles. The van der Waals surface area contributed by atoms with Crippen LogP contribution in [0, 0.1) is 0 Å². The molecule has 0 bridgehead atoms. The SMILES string of the molecule is CC(CNC1CCN(C(C)(C)C)CC1)c1ccccc1. The van der Waals surface area contributed by atoms with Crippen LogP contribution in [0.4, 0.5) is 0 Å². The van der Waals surface area contributed by atoms with Crippen molar-refractivity contribution in [3.63, 3.8) is 0 Å². The fraction of sp³-hybridized carbons (Fsp3) is 0.667. The quantitative estimate of drug-likeness (QED) is 0.901. The van der Waals surface area contributed by atoms with Gasteiger partial charge in [-0.3, -0.25) is 4.90 Å². The first-order valence-electron chi connectivity index (χ1n) is 8.00. The third-order valence-corrected chi connectivity index (χ3v) is 4.52. The molecule has 2 nitrogen and oxygen atoms in total. The summed E-state index contributed by atoms with van der Waals surface area (Å²) in [6.45, 7) is 12.8. The second kappa shape index (κ2) is 6.73. The molecule has 0 radical (unpaired) electrons. The molecule has 1 N–H and O–H groups in total. The second-order valence-electron chi connectivity index (χ2n) is 7.15. The number of nitrogens with one attached hydrogen (secondary N) is 1. The molecule has 1 aromatic rings. The number of hydrogen-bond donors (Lipinski definition) is 1. The van der Waals surface area contributed by atoms with Crippen LogP contribution < -0.4 is 5.32 Å². The number of rotatable bonds is 4. The Bertz CT molecular complexity index is 386. The van der Waals surface area contributed by atoms with Crippen LogP contribution >= 0.6 is 0 Å². The number of benzene rings is 1. The topological polar surface area (TPSA) is 15.3 Å². The molecule has 20 heavy (non-hydrogen) atoms. The first kappa shape index (κ1) is 15.5. The van der Waals surface area contributed by atoms with Gasteiger partial charge in [-0.1, -0.05) is 37.3 Å². The third kappa shape index (κ3) is 4.32. The highest BCUT2D eigenvalue weighted by Crippen LogP contribution is 2.21. The van der Waals surface area contributed by atoms with Gasteiger partial charge in [0.15, 0.2) is 0 Å². The minimum atomic E-state index is 0.322. The zero-order valence-electron chi connectivity index (χ0n) is 13.5. The molecule has 1 heterocycles. The summed E-state index contributed by atoms with van der Waals surface area (Å²) in [6.07, 6.45) is 2.55. The Morgan fingerprint density at radius 2 is 1.75 bits per heavy atom. The van der Waals surface area contributed by atoms with E-state index in [9.17, 15) is 0 Å². The van der Waals surface area contributed by atoms with E-state index in [1.807, 2.05) is 0 Å². The highest BCUT2D eigenvalue weighted by Gasteiger charge is 2.26. The van der Waals surface area contributed by atoms with Crippen molar-refractivity contribution in [3.8, 4) is 0 Å². The first-order valence-corrected chi connectivity index (χ1v) is 8.00. The van der Waals surface area contributed by atoms with Crippen molar-refractivity contribution in [1.29, 1.82) is 0 Å². The maximum atomic E-state index is 3.77. The van der Waals surface area contributed by atoms with Gasteiger partial charge in [-0.05, 0) is 45.1 Å².